The van der Waals surface area contributed by atoms with Gasteiger partial charge in [0.2, 0.25) is 0 Å². The van der Waals surface area contributed by atoms with Gasteiger partial charge in [0.05, 0.1) is 0 Å². The lowest BCUT2D eigenvalue weighted by Gasteiger charge is -2.36. The summed E-state index contributed by atoms with van der Waals surface area (Å²) in [5.74, 6) is 0.717. The molecule has 3 aromatic carbocycles. The zero-order chi connectivity index (χ0) is 25.7. The Morgan fingerprint density at radius 2 is 1.42 bits per heavy atom. The lowest BCUT2D eigenvalue weighted by molar-refractivity contribution is 0.0660. The Balaban J connectivity index is 1.02. The standard InChI is InChI=1S/C34H41N3O/c38-34-33-25-31(19-18-29(33)26-37(34)30-15-8-3-9-16-30)36-23-21-35(22-24-36)20-10-17-32(27-11-4-1-5-12-27)28-13-6-2-7-14-28/h1-2,4-7,11-14,18-19,25,30,32H,3,8-10,15-17,20-24,26H2. The third-order valence-corrected chi connectivity index (χ3v) is 9.05. The predicted octanol–water partition coefficient (Wildman–Crippen LogP) is 6.71. The number of hydrogen-bond acceptors (Lipinski definition) is 3. The molecule has 1 saturated heterocycles. The van der Waals surface area contributed by atoms with Gasteiger partial charge in [0.15, 0.2) is 0 Å². The first-order chi connectivity index (χ1) is 18.8. The van der Waals surface area contributed by atoms with Gasteiger partial charge >= 0.3 is 0 Å². The number of benzene rings is 3. The van der Waals surface area contributed by atoms with Crippen LogP contribution in [0.1, 0.15) is 77.9 Å². The van der Waals surface area contributed by atoms with E-state index in [-0.39, 0.29) is 5.91 Å². The molecule has 0 spiro atoms. The van der Waals surface area contributed by atoms with Crippen molar-refractivity contribution >= 4 is 11.6 Å². The lowest BCUT2D eigenvalue weighted by Crippen LogP contribution is -2.46. The summed E-state index contributed by atoms with van der Waals surface area (Å²) in [7, 11) is 0. The van der Waals surface area contributed by atoms with E-state index in [1.807, 2.05) is 0 Å². The molecule has 6 rings (SSSR count). The normalized spacial score (nSPS) is 18.8. The van der Waals surface area contributed by atoms with Crippen LogP contribution in [0.4, 0.5) is 5.69 Å². The van der Waals surface area contributed by atoms with Crippen LogP contribution in [0.25, 0.3) is 0 Å². The van der Waals surface area contributed by atoms with Crippen molar-refractivity contribution < 1.29 is 4.79 Å². The van der Waals surface area contributed by atoms with Gasteiger partial charge in [-0.05, 0) is 61.1 Å². The first kappa shape index (κ1) is 25.2. The van der Waals surface area contributed by atoms with Gasteiger partial charge in [-0.1, -0.05) is 86.0 Å². The maximum atomic E-state index is 13.3. The van der Waals surface area contributed by atoms with E-state index in [1.54, 1.807) is 0 Å². The number of amides is 1. The van der Waals surface area contributed by atoms with Crippen LogP contribution < -0.4 is 4.90 Å². The molecule has 0 N–H and O–H groups in total. The number of fused-ring (bicyclic) bond motifs is 1. The quantitative estimate of drug-likeness (QED) is 0.339. The Labute approximate surface area is 228 Å². The van der Waals surface area contributed by atoms with E-state index < -0.39 is 0 Å². The van der Waals surface area contributed by atoms with Gasteiger partial charge in [-0.3, -0.25) is 9.69 Å². The third kappa shape index (κ3) is 5.51. The lowest BCUT2D eigenvalue weighted by atomic mass is 9.87. The van der Waals surface area contributed by atoms with Gasteiger partial charge in [0.1, 0.15) is 0 Å². The molecule has 2 heterocycles. The van der Waals surface area contributed by atoms with E-state index >= 15 is 0 Å². The molecule has 2 fully saturated rings. The van der Waals surface area contributed by atoms with E-state index in [2.05, 4.69) is 93.6 Å². The smallest absolute Gasteiger partial charge is 0.254 e. The Bertz CT molecular complexity index is 1160. The molecule has 4 heteroatoms. The van der Waals surface area contributed by atoms with Crippen molar-refractivity contribution in [3.63, 3.8) is 0 Å². The largest absolute Gasteiger partial charge is 0.369 e. The summed E-state index contributed by atoms with van der Waals surface area (Å²) in [6, 6.07) is 29.0. The summed E-state index contributed by atoms with van der Waals surface area (Å²) < 4.78 is 0. The highest BCUT2D eigenvalue weighted by molar-refractivity contribution is 5.99. The molecule has 38 heavy (non-hydrogen) atoms. The summed E-state index contributed by atoms with van der Waals surface area (Å²) in [6.45, 7) is 6.17. The molecular formula is C34H41N3O. The number of carbonyl (C=O) groups is 1. The fourth-order valence-corrected chi connectivity index (χ4v) is 6.84. The van der Waals surface area contributed by atoms with Gasteiger partial charge in [0.25, 0.3) is 5.91 Å². The number of piperazine rings is 1. The molecule has 3 aromatic rings. The van der Waals surface area contributed by atoms with Crippen LogP contribution >= 0.6 is 0 Å². The Morgan fingerprint density at radius 1 is 0.763 bits per heavy atom. The second kappa shape index (κ2) is 11.7. The number of nitrogens with zero attached hydrogens (tertiary/aromatic N) is 3. The van der Waals surface area contributed by atoms with Gasteiger partial charge in [-0.15, -0.1) is 0 Å². The summed E-state index contributed by atoms with van der Waals surface area (Å²) in [6.07, 6.45) is 8.55. The van der Waals surface area contributed by atoms with E-state index in [0.29, 0.717) is 12.0 Å². The molecule has 198 valence electrons. The summed E-state index contributed by atoms with van der Waals surface area (Å²) in [4.78, 5) is 20.5. The zero-order valence-electron chi connectivity index (χ0n) is 22.6. The Kier molecular flexibility index (Phi) is 7.78. The summed E-state index contributed by atoms with van der Waals surface area (Å²) in [5.41, 5.74) is 6.21. The van der Waals surface area contributed by atoms with E-state index in [1.165, 1.54) is 67.3 Å². The zero-order valence-corrected chi connectivity index (χ0v) is 22.6. The first-order valence-corrected chi connectivity index (χ1v) is 14.8. The number of hydrogen-bond donors (Lipinski definition) is 0. The van der Waals surface area contributed by atoms with Crippen molar-refractivity contribution in [2.75, 3.05) is 37.6 Å². The van der Waals surface area contributed by atoms with Crippen LogP contribution in [-0.2, 0) is 6.54 Å². The van der Waals surface area contributed by atoms with Crippen molar-refractivity contribution in [2.45, 2.75) is 63.5 Å². The van der Waals surface area contributed by atoms with Crippen LogP contribution in [0.15, 0.2) is 78.9 Å². The van der Waals surface area contributed by atoms with Gasteiger partial charge in [-0.2, -0.15) is 0 Å². The van der Waals surface area contributed by atoms with Crippen molar-refractivity contribution in [3.05, 3.63) is 101 Å². The van der Waals surface area contributed by atoms with Crippen LogP contribution in [-0.4, -0.2) is 54.5 Å². The highest BCUT2D eigenvalue weighted by Crippen LogP contribution is 2.33. The maximum Gasteiger partial charge on any atom is 0.254 e. The van der Waals surface area contributed by atoms with Crippen molar-refractivity contribution in [3.8, 4) is 0 Å². The predicted molar refractivity (Wildman–Crippen MR) is 156 cm³/mol. The average molecular weight is 508 g/mol. The minimum absolute atomic E-state index is 0.263. The van der Waals surface area contributed by atoms with Gasteiger partial charge in [0, 0.05) is 55.9 Å². The molecule has 0 atom stereocenters. The molecule has 0 unspecified atom stereocenters. The highest BCUT2D eigenvalue weighted by Gasteiger charge is 2.33. The van der Waals surface area contributed by atoms with Gasteiger partial charge < -0.3 is 9.80 Å². The molecule has 1 aliphatic carbocycles. The number of anilines is 1. The second-order valence-electron chi connectivity index (χ2n) is 11.4. The molecule has 0 radical (unpaired) electrons. The Hall–Kier alpha value is -3.11. The monoisotopic (exact) mass is 507 g/mol. The van der Waals surface area contributed by atoms with Crippen molar-refractivity contribution in [2.24, 2.45) is 0 Å². The first-order valence-electron chi connectivity index (χ1n) is 14.8. The second-order valence-corrected chi connectivity index (χ2v) is 11.4. The summed E-state index contributed by atoms with van der Waals surface area (Å²) in [5, 5.41) is 0. The molecule has 1 amide bonds. The van der Waals surface area contributed by atoms with Crippen LogP contribution in [0.2, 0.25) is 0 Å². The minimum Gasteiger partial charge on any atom is -0.369 e. The van der Waals surface area contributed by atoms with Crippen LogP contribution in [0.3, 0.4) is 0 Å². The third-order valence-electron chi connectivity index (χ3n) is 9.05. The topological polar surface area (TPSA) is 26.8 Å². The molecule has 4 nitrogen and oxygen atoms in total. The molecule has 0 bridgehead atoms. The fourth-order valence-electron chi connectivity index (χ4n) is 6.84. The molecule has 0 aromatic heterocycles. The van der Waals surface area contributed by atoms with Crippen molar-refractivity contribution in [1.82, 2.24) is 9.80 Å². The minimum atomic E-state index is 0.263. The SMILES string of the molecule is O=C1c2cc(N3CCN(CCCC(c4ccccc4)c4ccccc4)CC3)ccc2CN1C1CCCCC1. The Morgan fingerprint density at radius 3 is 2.08 bits per heavy atom. The summed E-state index contributed by atoms with van der Waals surface area (Å²) >= 11 is 0. The average Bonchev–Trinajstić information content (AvgIpc) is 3.32. The number of carbonyl (C=O) groups excluding carboxylic acids is 1. The van der Waals surface area contributed by atoms with Crippen LogP contribution in [0, 0.1) is 0 Å². The number of rotatable bonds is 8. The highest BCUT2D eigenvalue weighted by atomic mass is 16.2. The molecule has 1 saturated carbocycles. The van der Waals surface area contributed by atoms with Gasteiger partial charge in [-0.25, -0.2) is 0 Å². The van der Waals surface area contributed by atoms with Crippen LogP contribution in [0.5, 0.6) is 0 Å². The molecule has 3 aliphatic rings. The molecule has 2 aliphatic heterocycles. The molecular weight excluding hydrogens is 466 g/mol. The van der Waals surface area contributed by atoms with E-state index in [9.17, 15) is 4.79 Å². The van der Waals surface area contributed by atoms with E-state index in [0.717, 1.165) is 44.8 Å². The van der Waals surface area contributed by atoms with E-state index in [4.69, 9.17) is 0 Å². The van der Waals surface area contributed by atoms with Crippen molar-refractivity contribution in [1.29, 1.82) is 0 Å². The fraction of sp³-hybridized carbons (Fsp3) is 0.441. The maximum absolute atomic E-state index is 13.3.